The first-order valence-electron chi connectivity index (χ1n) is 7.55. The van der Waals surface area contributed by atoms with E-state index < -0.39 is 0 Å². The van der Waals surface area contributed by atoms with Crippen LogP contribution in [0.25, 0.3) is 0 Å². The van der Waals surface area contributed by atoms with E-state index >= 15 is 0 Å². The Morgan fingerprint density at radius 3 is 2.61 bits per heavy atom. The minimum atomic E-state index is -0.332. The zero-order valence-corrected chi connectivity index (χ0v) is 14.0. The summed E-state index contributed by atoms with van der Waals surface area (Å²) in [5.41, 5.74) is 1.42. The van der Waals surface area contributed by atoms with E-state index in [1.54, 1.807) is 0 Å². The lowest BCUT2D eigenvalue weighted by Crippen LogP contribution is -2.50. The molecule has 1 heterocycles. The number of aliphatic hydroxyl groups excluding tert-OH is 1. The molecule has 0 saturated carbocycles. The van der Waals surface area contributed by atoms with Crippen LogP contribution in [0.15, 0.2) is 23.3 Å². The minimum Gasteiger partial charge on any atom is -0.490 e. The number of hydrazine groups is 1. The first-order chi connectivity index (χ1) is 10.8. The summed E-state index contributed by atoms with van der Waals surface area (Å²) in [5.74, 6) is 11.8. The van der Waals surface area contributed by atoms with Crippen LogP contribution in [0, 0.1) is 5.41 Å². The third-order valence-corrected chi connectivity index (χ3v) is 3.98. The third kappa shape index (κ3) is 3.93. The SMILES string of the molecule is CC(C)(C)c1ccc(OCC2(CO)COC2)c(N(N)/C=N\N)c1. The molecule has 2 rings (SSSR count). The van der Waals surface area contributed by atoms with E-state index in [4.69, 9.17) is 21.2 Å². The second-order valence-electron chi connectivity index (χ2n) is 7.04. The number of aliphatic hydroxyl groups is 1. The van der Waals surface area contributed by atoms with Crippen molar-refractivity contribution in [3.8, 4) is 5.75 Å². The van der Waals surface area contributed by atoms with Crippen molar-refractivity contribution in [3.63, 3.8) is 0 Å². The van der Waals surface area contributed by atoms with Crippen LogP contribution >= 0.6 is 0 Å². The number of anilines is 1. The van der Waals surface area contributed by atoms with Gasteiger partial charge in [0.1, 0.15) is 24.4 Å². The Labute approximate surface area is 136 Å². The Kier molecular flexibility index (Phi) is 5.13. The zero-order valence-electron chi connectivity index (χ0n) is 14.0. The Balaban J connectivity index is 2.26. The van der Waals surface area contributed by atoms with Gasteiger partial charge in [-0.1, -0.05) is 26.8 Å². The number of rotatable bonds is 6. The molecular weight excluding hydrogens is 296 g/mol. The van der Waals surface area contributed by atoms with Crippen molar-refractivity contribution in [2.45, 2.75) is 26.2 Å². The van der Waals surface area contributed by atoms with Gasteiger partial charge in [0, 0.05) is 0 Å². The van der Waals surface area contributed by atoms with Crippen molar-refractivity contribution < 1.29 is 14.6 Å². The largest absolute Gasteiger partial charge is 0.490 e. The summed E-state index contributed by atoms with van der Waals surface area (Å²) in [6.07, 6.45) is 1.32. The lowest BCUT2D eigenvalue weighted by molar-refractivity contribution is -0.153. The predicted octanol–water partition coefficient (Wildman–Crippen LogP) is 0.954. The molecule has 1 aliphatic rings. The highest BCUT2D eigenvalue weighted by Crippen LogP contribution is 2.35. The highest BCUT2D eigenvalue weighted by Gasteiger charge is 2.39. The summed E-state index contributed by atoms with van der Waals surface area (Å²) in [4.78, 5) is 0. The van der Waals surface area contributed by atoms with Gasteiger partial charge in [0.15, 0.2) is 0 Å². The topological polar surface area (TPSA) is 106 Å². The molecule has 0 aliphatic carbocycles. The van der Waals surface area contributed by atoms with Gasteiger partial charge < -0.3 is 20.4 Å². The lowest BCUT2D eigenvalue weighted by atomic mass is 9.86. The summed E-state index contributed by atoms with van der Waals surface area (Å²) >= 11 is 0. The fraction of sp³-hybridized carbons (Fsp3) is 0.562. The molecule has 1 aromatic rings. The van der Waals surface area contributed by atoms with Gasteiger partial charge in [0.2, 0.25) is 0 Å². The molecule has 0 radical (unpaired) electrons. The van der Waals surface area contributed by atoms with Gasteiger partial charge in [-0.05, 0) is 23.1 Å². The van der Waals surface area contributed by atoms with Gasteiger partial charge in [-0.2, -0.15) is 5.10 Å². The Morgan fingerprint density at radius 1 is 1.43 bits per heavy atom. The molecular formula is C16H26N4O3. The second-order valence-corrected chi connectivity index (χ2v) is 7.04. The molecule has 0 spiro atoms. The normalized spacial score (nSPS) is 17.1. The highest BCUT2D eigenvalue weighted by atomic mass is 16.5. The number of hydrogen-bond donors (Lipinski definition) is 3. The van der Waals surface area contributed by atoms with Crippen LogP contribution in [0.4, 0.5) is 5.69 Å². The number of nitrogens with two attached hydrogens (primary N) is 2. The predicted molar refractivity (Wildman–Crippen MR) is 90.3 cm³/mol. The van der Waals surface area contributed by atoms with Crippen molar-refractivity contribution in [3.05, 3.63) is 23.8 Å². The summed E-state index contributed by atoms with van der Waals surface area (Å²) < 4.78 is 11.1. The van der Waals surface area contributed by atoms with E-state index in [0.29, 0.717) is 31.3 Å². The summed E-state index contributed by atoms with van der Waals surface area (Å²) in [5, 5.41) is 14.3. The summed E-state index contributed by atoms with van der Waals surface area (Å²) in [6.45, 7) is 7.74. The van der Waals surface area contributed by atoms with Crippen molar-refractivity contribution in [1.29, 1.82) is 0 Å². The van der Waals surface area contributed by atoms with Crippen LogP contribution in [0.3, 0.4) is 0 Å². The average molecular weight is 322 g/mol. The smallest absolute Gasteiger partial charge is 0.144 e. The molecule has 0 aromatic heterocycles. The molecule has 128 valence electrons. The van der Waals surface area contributed by atoms with E-state index in [0.717, 1.165) is 5.56 Å². The molecule has 1 saturated heterocycles. The van der Waals surface area contributed by atoms with Crippen LogP contribution in [0.2, 0.25) is 0 Å². The summed E-state index contributed by atoms with van der Waals surface area (Å²) in [7, 11) is 0. The molecule has 1 fully saturated rings. The number of benzene rings is 1. The van der Waals surface area contributed by atoms with Crippen LogP contribution in [-0.4, -0.2) is 37.9 Å². The van der Waals surface area contributed by atoms with Crippen molar-refractivity contribution >= 4 is 12.0 Å². The molecule has 7 nitrogen and oxygen atoms in total. The van der Waals surface area contributed by atoms with E-state index in [9.17, 15) is 5.11 Å². The Morgan fingerprint density at radius 2 is 2.13 bits per heavy atom. The van der Waals surface area contributed by atoms with E-state index in [1.165, 1.54) is 11.3 Å². The fourth-order valence-corrected chi connectivity index (χ4v) is 2.28. The molecule has 0 bridgehead atoms. The average Bonchev–Trinajstić information content (AvgIpc) is 2.46. The highest BCUT2D eigenvalue weighted by molar-refractivity contribution is 5.80. The van der Waals surface area contributed by atoms with E-state index in [1.807, 2.05) is 18.2 Å². The maximum Gasteiger partial charge on any atom is 0.144 e. The quantitative estimate of drug-likeness (QED) is 0.312. The molecule has 0 unspecified atom stereocenters. The Hall–Kier alpha value is -1.83. The van der Waals surface area contributed by atoms with Gasteiger partial charge >= 0.3 is 0 Å². The minimum absolute atomic E-state index is 0.0257. The zero-order chi connectivity index (χ0) is 17.1. The molecule has 0 amide bonds. The summed E-state index contributed by atoms with van der Waals surface area (Å²) in [6, 6.07) is 5.85. The third-order valence-electron chi connectivity index (χ3n) is 3.98. The standard InChI is InChI=1S/C16H26N4O3/c1-15(2,3)12-4-5-14(13(6-12)20(18)11-19-17)23-10-16(7-21)8-22-9-16/h4-6,11,21H,7-10,17-18H2,1-3H3/b19-11-. The molecule has 23 heavy (non-hydrogen) atoms. The van der Waals surface area contributed by atoms with Crippen LogP contribution in [0.5, 0.6) is 5.75 Å². The van der Waals surface area contributed by atoms with Crippen molar-refractivity contribution in [2.24, 2.45) is 22.2 Å². The van der Waals surface area contributed by atoms with Gasteiger partial charge in [-0.15, -0.1) is 0 Å². The molecule has 0 atom stereocenters. The fourth-order valence-electron chi connectivity index (χ4n) is 2.28. The maximum atomic E-state index is 9.50. The van der Waals surface area contributed by atoms with Gasteiger partial charge in [-0.3, -0.25) is 5.01 Å². The Bertz CT molecular complexity index is 559. The first-order valence-corrected chi connectivity index (χ1v) is 7.55. The second kappa shape index (κ2) is 6.74. The van der Waals surface area contributed by atoms with E-state index in [2.05, 4.69) is 25.9 Å². The number of ether oxygens (including phenoxy) is 2. The van der Waals surface area contributed by atoms with Gasteiger partial charge in [0.05, 0.1) is 25.2 Å². The van der Waals surface area contributed by atoms with Crippen LogP contribution < -0.4 is 21.4 Å². The van der Waals surface area contributed by atoms with Gasteiger partial charge in [0.25, 0.3) is 0 Å². The molecule has 5 N–H and O–H groups in total. The molecule has 1 aromatic carbocycles. The van der Waals surface area contributed by atoms with Crippen LogP contribution in [-0.2, 0) is 10.2 Å². The molecule has 7 heteroatoms. The van der Waals surface area contributed by atoms with E-state index in [-0.39, 0.29) is 17.4 Å². The van der Waals surface area contributed by atoms with Crippen molar-refractivity contribution in [1.82, 2.24) is 0 Å². The number of hydrazone groups is 1. The molecule has 1 aliphatic heterocycles. The maximum absolute atomic E-state index is 9.50. The van der Waals surface area contributed by atoms with Crippen LogP contribution in [0.1, 0.15) is 26.3 Å². The monoisotopic (exact) mass is 322 g/mol. The van der Waals surface area contributed by atoms with Gasteiger partial charge in [-0.25, -0.2) is 5.84 Å². The number of nitrogens with zero attached hydrogens (tertiary/aromatic N) is 2. The number of hydrogen-bond acceptors (Lipinski definition) is 6. The van der Waals surface area contributed by atoms with Crippen molar-refractivity contribution in [2.75, 3.05) is 31.4 Å². The lowest BCUT2D eigenvalue weighted by Gasteiger charge is -2.39. The first kappa shape index (κ1) is 17.5.